The first kappa shape index (κ1) is 17.4. The molecule has 23 heavy (non-hydrogen) atoms. The molecule has 0 aliphatic carbocycles. The van der Waals surface area contributed by atoms with Crippen molar-refractivity contribution in [2.24, 2.45) is 5.41 Å². The van der Waals surface area contributed by atoms with E-state index in [9.17, 15) is 14.0 Å². The minimum Gasteiger partial charge on any atom is -0.328 e. The molecule has 2 rings (SSSR count). The molecule has 5 heteroatoms. The van der Waals surface area contributed by atoms with Crippen molar-refractivity contribution in [2.45, 2.75) is 52.5 Å². The molecule has 1 aliphatic heterocycles. The van der Waals surface area contributed by atoms with Gasteiger partial charge >= 0.3 is 0 Å². The van der Waals surface area contributed by atoms with E-state index in [0.717, 1.165) is 12.8 Å². The Bertz CT molecular complexity index is 615. The van der Waals surface area contributed by atoms with Gasteiger partial charge < -0.3 is 10.2 Å². The Morgan fingerprint density at radius 3 is 2.52 bits per heavy atom. The summed E-state index contributed by atoms with van der Waals surface area (Å²) in [5, 5.41) is 2.61. The van der Waals surface area contributed by atoms with Crippen LogP contribution in [0.4, 0.5) is 10.1 Å². The molecule has 2 amide bonds. The lowest BCUT2D eigenvalue weighted by molar-refractivity contribution is -0.162. The number of hydrogen-bond acceptors (Lipinski definition) is 2. The first-order valence-electron chi connectivity index (χ1n) is 8.10. The molecule has 0 saturated carbocycles. The van der Waals surface area contributed by atoms with Crippen molar-refractivity contribution in [3.05, 3.63) is 30.1 Å². The van der Waals surface area contributed by atoms with E-state index in [0.29, 0.717) is 13.0 Å². The van der Waals surface area contributed by atoms with Crippen LogP contribution >= 0.6 is 0 Å². The highest BCUT2D eigenvalue weighted by molar-refractivity contribution is 6.02. The summed E-state index contributed by atoms with van der Waals surface area (Å²) in [5.41, 5.74) is -1.26. The lowest BCUT2D eigenvalue weighted by atomic mass is 9.79. The van der Waals surface area contributed by atoms with Crippen molar-refractivity contribution < 1.29 is 14.0 Å². The first-order chi connectivity index (χ1) is 10.7. The third-order valence-corrected chi connectivity index (χ3v) is 4.73. The standard InChI is InChI=1S/C18H25FN2O2/c1-5-10-17(2,3)16(23)21-12-11-18(21,4)15(22)20-14-9-7-6-8-13(14)19/h6-9H,5,10-12H2,1-4H3,(H,20,22). The van der Waals surface area contributed by atoms with Gasteiger partial charge in [-0.2, -0.15) is 0 Å². The number of nitrogens with zero attached hydrogens (tertiary/aromatic N) is 1. The second-order valence-electron chi connectivity index (χ2n) is 7.05. The third-order valence-electron chi connectivity index (χ3n) is 4.73. The van der Waals surface area contributed by atoms with Gasteiger partial charge in [-0.3, -0.25) is 9.59 Å². The fourth-order valence-corrected chi connectivity index (χ4v) is 3.04. The summed E-state index contributed by atoms with van der Waals surface area (Å²) < 4.78 is 13.7. The summed E-state index contributed by atoms with van der Waals surface area (Å²) in [4.78, 5) is 27.0. The predicted octanol–water partition coefficient (Wildman–Crippen LogP) is 3.58. The zero-order chi connectivity index (χ0) is 17.3. The monoisotopic (exact) mass is 320 g/mol. The highest BCUT2D eigenvalue weighted by Crippen LogP contribution is 2.37. The van der Waals surface area contributed by atoms with Gasteiger partial charge in [-0.15, -0.1) is 0 Å². The van der Waals surface area contributed by atoms with E-state index >= 15 is 0 Å². The molecule has 1 unspecified atom stereocenters. The van der Waals surface area contributed by atoms with Gasteiger partial charge in [0, 0.05) is 12.0 Å². The molecule has 1 saturated heterocycles. The Hall–Kier alpha value is -1.91. The van der Waals surface area contributed by atoms with Crippen molar-refractivity contribution in [3.8, 4) is 0 Å². The van der Waals surface area contributed by atoms with E-state index < -0.39 is 16.8 Å². The van der Waals surface area contributed by atoms with E-state index in [4.69, 9.17) is 0 Å². The summed E-state index contributed by atoms with van der Waals surface area (Å²) in [7, 11) is 0. The molecule has 1 aromatic rings. The van der Waals surface area contributed by atoms with Gasteiger partial charge in [-0.25, -0.2) is 4.39 Å². The van der Waals surface area contributed by atoms with Crippen molar-refractivity contribution >= 4 is 17.5 Å². The molecule has 1 heterocycles. The average Bonchev–Trinajstić information content (AvgIpc) is 2.47. The molecule has 1 N–H and O–H groups in total. The van der Waals surface area contributed by atoms with Crippen LogP contribution in [0.25, 0.3) is 0 Å². The number of hydrogen-bond donors (Lipinski definition) is 1. The van der Waals surface area contributed by atoms with Crippen LogP contribution in [0, 0.1) is 11.2 Å². The van der Waals surface area contributed by atoms with Crippen molar-refractivity contribution in [1.82, 2.24) is 4.90 Å². The van der Waals surface area contributed by atoms with Crippen LogP contribution in [-0.4, -0.2) is 28.8 Å². The van der Waals surface area contributed by atoms with Crippen molar-refractivity contribution in [1.29, 1.82) is 0 Å². The lowest BCUT2D eigenvalue weighted by Gasteiger charge is -2.51. The highest BCUT2D eigenvalue weighted by Gasteiger charge is 2.52. The average molecular weight is 320 g/mol. The number of likely N-dealkylation sites (tertiary alicyclic amines) is 1. The van der Waals surface area contributed by atoms with Gasteiger partial charge in [0.1, 0.15) is 11.4 Å². The van der Waals surface area contributed by atoms with Gasteiger partial charge in [0.25, 0.3) is 0 Å². The molecule has 126 valence electrons. The summed E-state index contributed by atoms with van der Waals surface area (Å²) >= 11 is 0. The van der Waals surface area contributed by atoms with E-state index in [1.54, 1.807) is 24.0 Å². The minimum absolute atomic E-state index is 0.0169. The number of amides is 2. The van der Waals surface area contributed by atoms with Crippen LogP contribution in [0.2, 0.25) is 0 Å². The van der Waals surface area contributed by atoms with Crippen molar-refractivity contribution in [2.75, 3.05) is 11.9 Å². The second kappa shape index (κ2) is 6.30. The lowest BCUT2D eigenvalue weighted by Crippen LogP contribution is -2.68. The Morgan fingerprint density at radius 1 is 1.35 bits per heavy atom. The number of anilines is 1. The van der Waals surface area contributed by atoms with Crippen LogP contribution in [-0.2, 0) is 9.59 Å². The number of rotatable bonds is 5. The number of nitrogens with one attached hydrogen (secondary N) is 1. The molecule has 0 aromatic heterocycles. The fraction of sp³-hybridized carbons (Fsp3) is 0.556. The number of benzene rings is 1. The van der Waals surface area contributed by atoms with E-state index in [1.807, 2.05) is 20.8 Å². The quantitative estimate of drug-likeness (QED) is 0.901. The van der Waals surface area contributed by atoms with E-state index in [1.165, 1.54) is 12.1 Å². The topological polar surface area (TPSA) is 49.4 Å². The maximum absolute atomic E-state index is 13.7. The molecule has 0 bridgehead atoms. The maximum Gasteiger partial charge on any atom is 0.250 e. The molecule has 1 aliphatic rings. The summed E-state index contributed by atoms with van der Waals surface area (Å²) in [6.07, 6.45) is 2.26. The number of halogens is 1. The fourth-order valence-electron chi connectivity index (χ4n) is 3.04. The SMILES string of the molecule is CCCC(C)(C)C(=O)N1CCC1(C)C(=O)Nc1ccccc1F. The van der Waals surface area contributed by atoms with Gasteiger partial charge in [0.05, 0.1) is 5.69 Å². The van der Waals surface area contributed by atoms with Crippen molar-refractivity contribution in [3.63, 3.8) is 0 Å². The molecule has 1 aromatic carbocycles. The zero-order valence-electron chi connectivity index (χ0n) is 14.3. The molecule has 0 radical (unpaired) electrons. The molecule has 0 spiro atoms. The Kier molecular flexibility index (Phi) is 4.78. The highest BCUT2D eigenvalue weighted by atomic mass is 19.1. The van der Waals surface area contributed by atoms with Gasteiger partial charge in [-0.05, 0) is 31.9 Å². The summed E-state index contributed by atoms with van der Waals surface area (Å²) in [6, 6.07) is 6.04. The predicted molar refractivity (Wildman–Crippen MR) is 88.5 cm³/mol. The second-order valence-corrected chi connectivity index (χ2v) is 7.05. The smallest absolute Gasteiger partial charge is 0.250 e. The zero-order valence-corrected chi connectivity index (χ0v) is 14.3. The van der Waals surface area contributed by atoms with Crippen LogP contribution in [0.5, 0.6) is 0 Å². The van der Waals surface area contributed by atoms with Crippen LogP contribution in [0.3, 0.4) is 0 Å². The summed E-state index contributed by atoms with van der Waals surface area (Å²) in [6.45, 7) is 8.16. The van der Waals surface area contributed by atoms with Crippen LogP contribution in [0.15, 0.2) is 24.3 Å². The number of para-hydroxylation sites is 1. The number of carbonyl (C=O) groups is 2. The minimum atomic E-state index is -0.912. The Balaban J connectivity index is 2.14. The Morgan fingerprint density at radius 2 is 2.00 bits per heavy atom. The Labute approximate surface area is 137 Å². The third kappa shape index (κ3) is 3.23. The van der Waals surface area contributed by atoms with Crippen LogP contribution in [0.1, 0.15) is 47.0 Å². The van der Waals surface area contributed by atoms with Crippen LogP contribution < -0.4 is 5.32 Å². The van der Waals surface area contributed by atoms with Gasteiger partial charge in [0.15, 0.2) is 0 Å². The van der Waals surface area contributed by atoms with Gasteiger partial charge in [-0.1, -0.05) is 39.3 Å². The molecule has 1 fully saturated rings. The van der Waals surface area contributed by atoms with E-state index in [2.05, 4.69) is 5.32 Å². The molecular weight excluding hydrogens is 295 g/mol. The normalized spacial score (nSPS) is 20.8. The molecular formula is C18H25FN2O2. The largest absolute Gasteiger partial charge is 0.328 e. The molecule has 4 nitrogen and oxygen atoms in total. The van der Waals surface area contributed by atoms with E-state index in [-0.39, 0.29) is 17.5 Å². The molecule has 1 atom stereocenters. The van der Waals surface area contributed by atoms with Gasteiger partial charge in [0.2, 0.25) is 11.8 Å². The summed E-state index contributed by atoms with van der Waals surface area (Å²) in [5.74, 6) is -0.834. The first-order valence-corrected chi connectivity index (χ1v) is 8.10. The number of carbonyl (C=O) groups excluding carboxylic acids is 2. The maximum atomic E-state index is 13.7.